The Morgan fingerprint density at radius 3 is 2.52 bits per heavy atom. The Kier molecular flexibility index (Phi) is 3.14. The van der Waals surface area contributed by atoms with Crippen molar-refractivity contribution in [2.24, 2.45) is 0 Å². The zero-order valence-corrected chi connectivity index (χ0v) is 11.5. The maximum absolute atomic E-state index is 13.8. The van der Waals surface area contributed by atoms with Gasteiger partial charge in [0.05, 0.1) is 17.7 Å². The van der Waals surface area contributed by atoms with Crippen LogP contribution in [-0.2, 0) is 6.54 Å². The monoisotopic (exact) mass is 304 g/mol. The number of anilines is 1. The van der Waals surface area contributed by atoms with E-state index in [1.807, 2.05) is 0 Å². The number of carbonyl (C=O) groups is 2. The normalized spacial score (nSPS) is 13.7. The second-order valence-corrected chi connectivity index (χ2v) is 5.11. The summed E-state index contributed by atoms with van der Waals surface area (Å²) in [5.41, 5.74) is 6.62. The predicted octanol–water partition coefficient (Wildman–Crippen LogP) is 2.86. The van der Waals surface area contributed by atoms with Gasteiger partial charge in [0.15, 0.2) is 0 Å². The fraction of sp³-hybridized carbons (Fsp3) is 0.0667. The third-order valence-electron chi connectivity index (χ3n) is 3.37. The van der Waals surface area contributed by atoms with Crippen molar-refractivity contribution >= 4 is 29.1 Å². The zero-order chi connectivity index (χ0) is 15.1. The molecule has 0 radical (unpaired) electrons. The highest BCUT2D eigenvalue weighted by Crippen LogP contribution is 2.28. The van der Waals surface area contributed by atoms with Crippen LogP contribution in [0.4, 0.5) is 10.1 Å². The average molecular weight is 305 g/mol. The van der Waals surface area contributed by atoms with Crippen molar-refractivity contribution in [3.8, 4) is 0 Å². The van der Waals surface area contributed by atoms with Crippen LogP contribution in [-0.4, -0.2) is 16.7 Å². The van der Waals surface area contributed by atoms with Gasteiger partial charge in [0, 0.05) is 16.3 Å². The maximum Gasteiger partial charge on any atom is 0.261 e. The highest BCUT2D eigenvalue weighted by Gasteiger charge is 2.36. The second kappa shape index (κ2) is 4.86. The summed E-state index contributed by atoms with van der Waals surface area (Å²) >= 11 is 5.93. The lowest BCUT2D eigenvalue weighted by molar-refractivity contribution is 0.0641. The van der Waals surface area contributed by atoms with Gasteiger partial charge >= 0.3 is 0 Å². The molecular weight excluding hydrogens is 295 g/mol. The van der Waals surface area contributed by atoms with E-state index in [4.69, 9.17) is 17.3 Å². The summed E-state index contributed by atoms with van der Waals surface area (Å²) in [5, 5.41) is 0.172. The first kappa shape index (κ1) is 13.6. The van der Waals surface area contributed by atoms with Crippen LogP contribution in [0.15, 0.2) is 36.4 Å². The summed E-state index contributed by atoms with van der Waals surface area (Å²) in [7, 11) is 0. The first-order valence-electron chi connectivity index (χ1n) is 6.17. The van der Waals surface area contributed by atoms with E-state index in [1.165, 1.54) is 30.3 Å². The number of nitrogens with zero attached hydrogens (tertiary/aromatic N) is 1. The summed E-state index contributed by atoms with van der Waals surface area (Å²) in [4.78, 5) is 25.5. The van der Waals surface area contributed by atoms with E-state index in [1.54, 1.807) is 6.07 Å². The molecule has 0 spiro atoms. The molecule has 0 fully saturated rings. The molecule has 0 unspecified atom stereocenters. The van der Waals surface area contributed by atoms with Gasteiger partial charge in [0.2, 0.25) is 0 Å². The SMILES string of the molecule is Nc1ccc2c(c1)C(=O)N(Cc1c(F)cccc1Cl)C2=O. The molecule has 0 aromatic heterocycles. The number of carbonyl (C=O) groups excluding carboxylic acids is 2. The molecule has 2 aromatic carbocycles. The summed E-state index contributed by atoms with van der Waals surface area (Å²) in [6.07, 6.45) is 0. The second-order valence-electron chi connectivity index (χ2n) is 4.70. The number of imide groups is 1. The topological polar surface area (TPSA) is 63.4 Å². The minimum Gasteiger partial charge on any atom is -0.399 e. The van der Waals surface area contributed by atoms with Crippen LogP contribution >= 0.6 is 11.6 Å². The number of halogens is 2. The van der Waals surface area contributed by atoms with Crippen molar-refractivity contribution in [1.82, 2.24) is 4.90 Å². The van der Waals surface area contributed by atoms with Gasteiger partial charge in [-0.3, -0.25) is 14.5 Å². The van der Waals surface area contributed by atoms with Crippen molar-refractivity contribution in [1.29, 1.82) is 0 Å². The Morgan fingerprint density at radius 1 is 1.10 bits per heavy atom. The molecule has 0 aliphatic carbocycles. The van der Waals surface area contributed by atoms with Gasteiger partial charge < -0.3 is 5.73 Å². The quantitative estimate of drug-likeness (QED) is 0.685. The Morgan fingerprint density at radius 2 is 1.81 bits per heavy atom. The minimum atomic E-state index is -0.557. The zero-order valence-electron chi connectivity index (χ0n) is 10.8. The number of hydrogen-bond donors (Lipinski definition) is 1. The molecule has 1 heterocycles. The van der Waals surface area contributed by atoms with Crippen molar-refractivity contribution in [3.63, 3.8) is 0 Å². The van der Waals surface area contributed by atoms with E-state index in [0.29, 0.717) is 5.69 Å². The molecule has 2 N–H and O–H groups in total. The standard InChI is InChI=1S/C15H10ClFN2O2/c16-12-2-1-3-13(17)11(12)7-19-14(20)9-5-4-8(18)6-10(9)15(19)21/h1-6H,7,18H2. The molecule has 106 valence electrons. The first-order valence-corrected chi connectivity index (χ1v) is 6.55. The molecule has 1 aliphatic heterocycles. The van der Waals surface area contributed by atoms with Crippen molar-refractivity contribution in [2.45, 2.75) is 6.54 Å². The Hall–Kier alpha value is -2.40. The predicted molar refractivity (Wildman–Crippen MR) is 76.5 cm³/mol. The Balaban J connectivity index is 1.99. The number of fused-ring (bicyclic) bond motifs is 1. The molecule has 0 bridgehead atoms. The van der Waals surface area contributed by atoms with Crippen LogP contribution in [0.3, 0.4) is 0 Å². The highest BCUT2D eigenvalue weighted by molar-refractivity contribution is 6.31. The number of nitrogen functional groups attached to an aromatic ring is 1. The van der Waals surface area contributed by atoms with Gasteiger partial charge in [-0.1, -0.05) is 17.7 Å². The van der Waals surface area contributed by atoms with Crippen LogP contribution in [0, 0.1) is 5.82 Å². The molecule has 3 rings (SSSR count). The largest absolute Gasteiger partial charge is 0.399 e. The van der Waals surface area contributed by atoms with Crippen molar-refractivity contribution < 1.29 is 14.0 Å². The first-order chi connectivity index (χ1) is 9.99. The average Bonchev–Trinajstić information content (AvgIpc) is 2.67. The number of nitrogens with two attached hydrogens (primary N) is 1. The van der Waals surface area contributed by atoms with Crippen molar-refractivity contribution in [3.05, 3.63) is 63.9 Å². The van der Waals surface area contributed by atoms with Gasteiger partial charge in [-0.25, -0.2) is 4.39 Å². The molecule has 0 atom stereocenters. The highest BCUT2D eigenvalue weighted by atomic mass is 35.5. The van der Waals surface area contributed by atoms with E-state index in [0.717, 1.165) is 4.90 Å². The smallest absolute Gasteiger partial charge is 0.261 e. The van der Waals surface area contributed by atoms with E-state index < -0.39 is 17.6 Å². The van der Waals surface area contributed by atoms with E-state index in [9.17, 15) is 14.0 Å². The van der Waals surface area contributed by atoms with Gasteiger partial charge in [0.1, 0.15) is 5.82 Å². The summed E-state index contributed by atoms with van der Waals surface area (Å²) in [6, 6.07) is 8.69. The fourth-order valence-electron chi connectivity index (χ4n) is 2.29. The van der Waals surface area contributed by atoms with Gasteiger partial charge in [-0.2, -0.15) is 0 Å². The van der Waals surface area contributed by atoms with E-state index in [2.05, 4.69) is 0 Å². The van der Waals surface area contributed by atoms with Gasteiger partial charge in [-0.05, 0) is 30.3 Å². The molecule has 4 nitrogen and oxygen atoms in total. The third-order valence-corrected chi connectivity index (χ3v) is 3.73. The fourth-order valence-corrected chi connectivity index (χ4v) is 2.52. The lowest BCUT2D eigenvalue weighted by atomic mass is 10.1. The summed E-state index contributed by atoms with van der Waals surface area (Å²) in [5.74, 6) is -1.53. The van der Waals surface area contributed by atoms with Crippen LogP contribution in [0.5, 0.6) is 0 Å². The third kappa shape index (κ3) is 2.15. The van der Waals surface area contributed by atoms with Gasteiger partial charge in [0.25, 0.3) is 11.8 Å². The summed E-state index contributed by atoms with van der Waals surface area (Å²) < 4.78 is 13.8. The molecule has 21 heavy (non-hydrogen) atoms. The molecule has 2 amide bonds. The lowest BCUT2D eigenvalue weighted by Crippen LogP contribution is -2.29. The van der Waals surface area contributed by atoms with Crippen LogP contribution in [0.2, 0.25) is 5.02 Å². The molecule has 2 aromatic rings. The van der Waals surface area contributed by atoms with Crippen LogP contribution < -0.4 is 5.73 Å². The Labute approximate surface area is 124 Å². The van der Waals surface area contributed by atoms with Crippen molar-refractivity contribution in [2.75, 3.05) is 5.73 Å². The minimum absolute atomic E-state index is 0.113. The molecule has 1 aliphatic rings. The van der Waals surface area contributed by atoms with E-state index in [-0.39, 0.29) is 28.3 Å². The van der Waals surface area contributed by atoms with E-state index >= 15 is 0 Å². The number of benzene rings is 2. The molecule has 0 saturated carbocycles. The molecule has 0 saturated heterocycles. The molecular formula is C15H10ClFN2O2. The Bertz CT molecular complexity index is 756. The summed E-state index contributed by atoms with van der Waals surface area (Å²) in [6.45, 7) is -0.211. The lowest BCUT2D eigenvalue weighted by Gasteiger charge is -2.15. The van der Waals surface area contributed by atoms with Crippen LogP contribution in [0.25, 0.3) is 0 Å². The number of amides is 2. The number of hydrogen-bond acceptors (Lipinski definition) is 3. The van der Waals surface area contributed by atoms with Gasteiger partial charge in [-0.15, -0.1) is 0 Å². The van der Waals surface area contributed by atoms with Crippen LogP contribution in [0.1, 0.15) is 26.3 Å². The number of rotatable bonds is 2. The molecule has 6 heteroatoms. The maximum atomic E-state index is 13.8.